The average molecular weight is 385 g/mol. The fourth-order valence-corrected chi connectivity index (χ4v) is 5.88. The lowest BCUT2D eigenvalue weighted by atomic mass is 9.63. The molecule has 0 saturated heterocycles. The Morgan fingerprint density at radius 3 is 2.38 bits per heavy atom. The van der Waals surface area contributed by atoms with E-state index in [2.05, 4.69) is 77.1 Å². The summed E-state index contributed by atoms with van der Waals surface area (Å²) in [4.78, 5) is 0. The monoisotopic (exact) mass is 384 g/mol. The van der Waals surface area contributed by atoms with Crippen molar-refractivity contribution in [2.45, 2.75) is 79.6 Å². The Labute approximate surface area is 177 Å². The van der Waals surface area contributed by atoms with Gasteiger partial charge in [-0.15, -0.1) is 0 Å². The molecular weight excluding hydrogens is 348 g/mol. The molecule has 0 N–H and O–H groups in total. The molecular formula is C29H36. The smallest absolute Gasteiger partial charge is 0.0145 e. The van der Waals surface area contributed by atoms with Crippen molar-refractivity contribution in [2.75, 3.05) is 0 Å². The third-order valence-corrected chi connectivity index (χ3v) is 6.98. The highest BCUT2D eigenvalue weighted by Crippen LogP contribution is 2.53. The minimum absolute atomic E-state index is 0.153. The van der Waals surface area contributed by atoms with E-state index in [4.69, 9.17) is 0 Å². The maximum absolute atomic E-state index is 2.60. The van der Waals surface area contributed by atoms with Crippen molar-refractivity contribution in [1.29, 1.82) is 0 Å². The maximum atomic E-state index is 2.60. The van der Waals surface area contributed by atoms with Gasteiger partial charge in [-0.2, -0.15) is 0 Å². The third-order valence-electron chi connectivity index (χ3n) is 6.98. The second kappa shape index (κ2) is 7.98. The molecule has 0 aromatic heterocycles. The highest BCUT2D eigenvalue weighted by molar-refractivity contribution is 5.93. The van der Waals surface area contributed by atoms with Crippen LogP contribution in [0.1, 0.15) is 77.3 Å². The Morgan fingerprint density at radius 1 is 0.931 bits per heavy atom. The number of allylic oxidation sites excluding steroid dienone is 8. The number of fused-ring (bicyclic) bond motifs is 2. The molecule has 0 spiro atoms. The fraction of sp³-hybridized carbons (Fsp3) is 0.448. The van der Waals surface area contributed by atoms with Crippen LogP contribution in [-0.4, -0.2) is 0 Å². The van der Waals surface area contributed by atoms with E-state index >= 15 is 0 Å². The van der Waals surface area contributed by atoms with Gasteiger partial charge in [0.2, 0.25) is 0 Å². The zero-order chi connectivity index (χ0) is 20.6. The summed E-state index contributed by atoms with van der Waals surface area (Å²) in [6.45, 7) is 11.7. The molecule has 0 nitrogen and oxygen atoms in total. The summed E-state index contributed by atoms with van der Waals surface area (Å²) in [7, 11) is 0. The van der Waals surface area contributed by atoms with E-state index in [-0.39, 0.29) is 5.41 Å². The quantitative estimate of drug-likeness (QED) is 0.495. The van der Waals surface area contributed by atoms with Gasteiger partial charge in [0.1, 0.15) is 0 Å². The first-order chi connectivity index (χ1) is 14.0. The van der Waals surface area contributed by atoms with Crippen molar-refractivity contribution >= 4 is 11.6 Å². The predicted octanol–water partition coefficient (Wildman–Crippen LogP) is 6.62. The van der Waals surface area contributed by atoms with Crippen LogP contribution in [0.3, 0.4) is 0 Å². The number of hydrogen-bond donors (Lipinski definition) is 0. The molecule has 0 saturated carbocycles. The summed E-state index contributed by atoms with van der Waals surface area (Å²) in [5.41, 5.74) is 10.9. The molecule has 29 heavy (non-hydrogen) atoms. The van der Waals surface area contributed by atoms with Gasteiger partial charge in [0.05, 0.1) is 0 Å². The van der Waals surface area contributed by atoms with Gasteiger partial charge in [-0.25, -0.2) is 0 Å². The Kier molecular flexibility index (Phi) is 5.56. The Bertz CT molecular complexity index is 1070. The molecule has 0 heteroatoms. The van der Waals surface area contributed by atoms with Gasteiger partial charge in [0.15, 0.2) is 0 Å². The van der Waals surface area contributed by atoms with Gasteiger partial charge >= 0.3 is 0 Å². The van der Waals surface area contributed by atoms with Crippen LogP contribution in [0.15, 0.2) is 58.7 Å². The van der Waals surface area contributed by atoms with Crippen LogP contribution in [0.2, 0.25) is 0 Å². The lowest BCUT2D eigenvalue weighted by Crippen LogP contribution is -2.30. The summed E-state index contributed by atoms with van der Waals surface area (Å²) in [6, 6.07) is 4.82. The lowest BCUT2D eigenvalue weighted by Gasteiger charge is -2.41. The molecule has 152 valence electrons. The molecule has 1 aromatic rings. The number of hydrogen-bond acceptors (Lipinski definition) is 0. The maximum Gasteiger partial charge on any atom is 0.0145 e. The minimum atomic E-state index is 0.153. The average Bonchev–Trinajstić information content (AvgIpc) is 3.30. The minimum Gasteiger partial charge on any atom is -0.0801 e. The van der Waals surface area contributed by atoms with Gasteiger partial charge in [-0.3, -0.25) is 0 Å². The normalized spacial score (nSPS) is 22.4. The molecule has 0 amide bonds. The van der Waals surface area contributed by atoms with E-state index in [1.165, 1.54) is 70.4 Å². The van der Waals surface area contributed by atoms with Crippen molar-refractivity contribution in [2.24, 2.45) is 5.41 Å². The summed E-state index contributed by atoms with van der Waals surface area (Å²) >= 11 is 0. The number of aryl methyl sites for hydroxylation is 2. The third kappa shape index (κ3) is 3.31. The Morgan fingerprint density at radius 2 is 1.72 bits per heavy atom. The topological polar surface area (TPSA) is 0 Å². The van der Waals surface area contributed by atoms with Gasteiger partial charge < -0.3 is 0 Å². The van der Waals surface area contributed by atoms with Crippen LogP contribution in [0, 0.1) is 12.3 Å². The van der Waals surface area contributed by atoms with Crippen LogP contribution < -0.4 is 10.4 Å². The van der Waals surface area contributed by atoms with Crippen molar-refractivity contribution in [3.05, 3.63) is 80.3 Å². The Hall–Kier alpha value is -2.08. The number of benzene rings is 1. The molecule has 1 aromatic carbocycles. The molecule has 0 bridgehead atoms. The fourth-order valence-electron chi connectivity index (χ4n) is 5.88. The summed E-state index contributed by atoms with van der Waals surface area (Å²) in [5, 5.41) is 2.96. The Balaban J connectivity index is 2.08. The molecule has 1 unspecified atom stereocenters. The van der Waals surface area contributed by atoms with Crippen molar-refractivity contribution in [3.8, 4) is 0 Å². The zero-order valence-electron chi connectivity index (χ0n) is 19.0. The van der Waals surface area contributed by atoms with Crippen LogP contribution in [0.4, 0.5) is 0 Å². The SMILES string of the molecule is CCCC1=CC2=c3c(CCC)cc(C)cc3=CC2=C(C2=CC=CC2)C1(C)CCC. The van der Waals surface area contributed by atoms with Gasteiger partial charge in [0, 0.05) is 5.41 Å². The second-order valence-corrected chi connectivity index (χ2v) is 9.31. The van der Waals surface area contributed by atoms with Gasteiger partial charge in [-0.05, 0) is 77.0 Å². The molecule has 0 aliphatic heterocycles. The zero-order valence-corrected chi connectivity index (χ0v) is 19.0. The van der Waals surface area contributed by atoms with E-state index in [1.807, 2.05) is 0 Å². The number of rotatable bonds is 7. The van der Waals surface area contributed by atoms with Crippen LogP contribution in [0.25, 0.3) is 11.6 Å². The first-order valence-electron chi connectivity index (χ1n) is 11.7. The van der Waals surface area contributed by atoms with Crippen molar-refractivity contribution in [3.63, 3.8) is 0 Å². The highest BCUT2D eigenvalue weighted by Gasteiger charge is 2.39. The summed E-state index contributed by atoms with van der Waals surface area (Å²) in [6.07, 6.45) is 20.4. The molecule has 3 aliphatic carbocycles. The molecule has 0 heterocycles. The summed E-state index contributed by atoms with van der Waals surface area (Å²) < 4.78 is 0. The lowest BCUT2D eigenvalue weighted by molar-refractivity contribution is 0.416. The van der Waals surface area contributed by atoms with E-state index in [1.54, 1.807) is 11.1 Å². The second-order valence-electron chi connectivity index (χ2n) is 9.31. The molecule has 0 radical (unpaired) electrons. The van der Waals surface area contributed by atoms with Crippen LogP contribution in [0.5, 0.6) is 0 Å². The van der Waals surface area contributed by atoms with Gasteiger partial charge in [0.25, 0.3) is 0 Å². The van der Waals surface area contributed by atoms with Crippen LogP contribution >= 0.6 is 0 Å². The van der Waals surface area contributed by atoms with E-state index in [0.29, 0.717) is 0 Å². The van der Waals surface area contributed by atoms with Crippen LogP contribution in [-0.2, 0) is 6.42 Å². The molecule has 4 rings (SSSR count). The molecule has 3 aliphatic rings. The standard InChI is InChI=1S/C29H36/c1-6-11-22-16-20(4)17-23-18-26-25(27(22)23)19-24(12-7-2)29(5,15-8-3)28(26)21-13-9-10-14-21/h9-10,13,16-19H,6-8,11-12,14-15H2,1-5H3. The molecule has 0 fully saturated rings. The van der Waals surface area contributed by atoms with Crippen molar-refractivity contribution < 1.29 is 0 Å². The highest BCUT2D eigenvalue weighted by atomic mass is 14.4. The predicted molar refractivity (Wildman–Crippen MR) is 127 cm³/mol. The molecule has 1 atom stereocenters. The first-order valence-corrected chi connectivity index (χ1v) is 11.7. The van der Waals surface area contributed by atoms with E-state index in [0.717, 1.165) is 12.8 Å². The largest absolute Gasteiger partial charge is 0.0801 e. The van der Waals surface area contributed by atoms with Crippen molar-refractivity contribution in [1.82, 2.24) is 0 Å². The van der Waals surface area contributed by atoms with E-state index < -0.39 is 0 Å². The van der Waals surface area contributed by atoms with Gasteiger partial charge in [-0.1, -0.05) is 94.5 Å². The first kappa shape index (κ1) is 20.2. The summed E-state index contributed by atoms with van der Waals surface area (Å²) in [5.74, 6) is 0. The van der Waals surface area contributed by atoms with E-state index in [9.17, 15) is 0 Å².